The van der Waals surface area contributed by atoms with E-state index in [1.165, 1.54) is 24.5 Å². The standard InChI is InChI=1S/C13H23N3S/c1-12(13-4-3-11-17-13)15(2)9-10-16-7-5-14-6-8-16/h3-4,11-12,14H,5-10H2,1-2H3. The number of rotatable bonds is 5. The second-order valence-corrected chi connectivity index (χ2v) is 5.74. The van der Waals surface area contributed by atoms with Crippen LogP contribution >= 0.6 is 11.3 Å². The van der Waals surface area contributed by atoms with Gasteiger partial charge in [0.15, 0.2) is 0 Å². The lowest BCUT2D eigenvalue weighted by molar-refractivity contribution is 0.184. The fourth-order valence-electron chi connectivity index (χ4n) is 2.17. The zero-order valence-electron chi connectivity index (χ0n) is 10.9. The summed E-state index contributed by atoms with van der Waals surface area (Å²) >= 11 is 1.86. The third-order valence-corrected chi connectivity index (χ3v) is 4.64. The molecule has 96 valence electrons. The average Bonchev–Trinajstić information content (AvgIpc) is 2.90. The van der Waals surface area contributed by atoms with Crippen LogP contribution in [-0.4, -0.2) is 56.1 Å². The van der Waals surface area contributed by atoms with Crippen LogP contribution in [0.15, 0.2) is 17.5 Å². The lowest BCUT2D eigenvalue weighted by Crippen LogP contribution is -2.46. The van der Waals surface area contributed by atoms with E-state index in [-0.39, 0.29) is 0 Å². The lowest BCUT2D eigenvalue weighted by Gasteiger charge is -2.31. The first-order chi connectivity index (χ1) is 8.27. The van der Waals surface area contributed by atoms with Crippen LogP contribution in [0.5, 0.6) is 0 Å². The summed E-state index contributed by atoms with van der Waals surface area (Å²) in [6, 6.07) is 4.91. The van der Waals surface area contributed by atoms with E-state index in [4.69, 9.17) is 0 Å². The molecule has 0 bridgehead atoms. The van der Waals surface area contributed by atoms with E-state index < -0.39 is 0 Å². The molecule has 2 rings (SSSR count). The van der Waals surface area contributed by atoms with E-state index in [0.717, 1.165) is 19.6 Å². The average molecular weight is 253 g/mol. The van der Waals surface area contributed by atoms with Crippen molar-refractivity contribution >= 4 is 11.3 Å². The van der Waals surface area contributed by atoms with E-state index in [2.05, 4.69) is 46.6 Å². The zero-order valence-corrected chi connectivity index (χ0v) is 11.7. The van der Waals surface area contributed by atoms with Crippen LogP contribution in [0.4, 0.5) is 0 Å². The number of hydrogen-bond acceptors (Lipinski definition) is 4. The molecule has 0 amide bonds. The van der Waals surface area contributed by atoms with E-state index >= 15 is 0 Å². The van der Waals surface area contributed by atoms with Crippen LogP contribution in [0.2, 0.25) is 0 Å². The molecule has 1 aromatic rings. The van der Waals surface area contributed by atoms with Crippen LogP contribution in [0.25, 0.3) is 0 Å². The van der Waals surface area contributed by atoms with Gasteiger partial charge in [-0.15, -0.1) is 11.3 Å². The number of nitrogens with one attached hydrogen (secondary N) is 1. The van der Waals surface area contributed by atoms with Gasteiger partial charge in [-0.05, 0) is 25.4 Å². The smallest absolute Gasteiger partial charge is 0.0410 e. The Kier molecular flexibility index (Phi) is 4.98. The first-order valence-corrected chi connectivity index (χ1v) is 7.32. The molecular formula is C13H23N3S. The molecule has 1 N–H and O–H groups in total. The van der Waals surface area contributed by atoms with Gasteiger partial charge in [-0.25, -0.2) is 0 Å². The summed E-state index contributed by atoms with van der Waals surface area (Å²) in [4.78, 5) is 6.47. The minimum Gasteiger partial charge on any atom is -0.314 e. The van der Waals surface area contributed by atoms with Crippen molar-refractivity contribution in [3.05, 3.63) is 22.4 Å². The zero-order chi connectivity index (χ0) is 12.1. The minimum atomic E-state index is 0.540. The normalized spacial score (nSPS) is 19.7. The van der Waals surface area contributed by atoms with Crippen molar-refractivity contribution in [2.45, 2.75) is 13.0 Å². The molecule has 0 aromatic carbocycles. The van der Waals surface area contributed by atoms with Gasteiger partial charge >= 0.3 is 0 Å². The van der Waals surface area contributed by atoms with Crippen molar-refractivity contribution < 1.29 is 0 Å². The third-order valence-electron chi connectivity index (χ3n) is 3.59. The topological polar surface area (TPSA) is 18.5 Å². The van der Waals surface area contributed by atoms with Crippen molar-refractivity contribution in [3.63, 3.8) is 0 Å². The maximum Gasteiger partial charge on any atom is 0.0410 e. The Balaban J connectivity index is 1.74. The van der Waals surface area contributed by atoms with Crippen molar-refractivity contribution in [2.75, 3.05) is 46.3 Å². The first-order valence-electron chi connectivity index (χ1n) is 6.44. The fraction of sp³-hybridized carbons (Fsp3) is 0.692. The fourth-order valence-corrected chi connectivity index (χ4v) is 3.02. The summed E-state index contributed by atoms with van der Waals surface area (Å²) in [6.45, 7) is 9.31. The second kappa shape index (κ2) is 6.50. The van der Waals surface area contributed by atoms with E-state index in [1.54, 1.807) is 0 Å². The SMILES string of the molecule is CC(c1cccs1)N(C)CCN1CCNCC1. The molecule has 1 aliphatic heterocycles. The van der Waals surface area contributed by atoms with Gasteiger partial charge in [-0.3, -0.25) is 9.80 Å². The summed E-state index contributed by atoms with van der Waals surface area (Å²) < 4.78 is 0. The second-order valence-electron chi connectivity index (χ2n) is 4.76. The summed E-state index contributed by atoms with van der Waals surface area (Å²) in [7, 11) is 2.23. The Morgan fingerprint density at radius 1 is 1.47 bits per heavy atom. The molecule has 0 radical (unpaired) electrons. The monoisotopic (exact) mass is 253 g/mol. The Morgan fingerprint density at radius 2 is 2.24 bits per heavy atom. The van der Waals surface area contributed by atoms with Gasteiger partial charge in [-0.1, -0.05) is 6.07 Å². The molecule has 1 aromatic heterocycles. The summed E-state index contributed by atoms with van der Waals surface area (Å²) in [5.41, 5.74) is 0. The van der Waals surface area contributed by atoms with Gasteiger partial charge in [0.05, 0.1) is 0 Å². The van der Waals surface area contributed by atoms with Crippen LogP contribution < -0.4 is 5.32 Å². The molecule has 4 heteroatoms. The highest BCUT2D eigenvalue weighted by Gasteiger charge is 2.14. The Hall–Kier alpha value is -0.420. The van der Waals surface area contributed by atoms with Crippen LogP contribution in [0, 0.1) is 0 Å². The molecular weight excluding hydrogens is 230 g/mol. The molecule has 2 heterocycles. The van der Waals surface area contributed by atoms with Gasteiger partial charge in [0.25, 0.3) is 0 Å². The van der Waals surface area contributed by atoms with Gasteiger partial charge in [0.2, 0.25) is 0 Å². The van der Waals surface area contributed by atoms with Crippen molar-refractivity contribution in [1.82, 2.24) is 15.1 Å². The van der Waals surface area contributed by atoms with E-state index in [1.807, 2.05) is 11.3 Å². The molecule has 17 heavy (non-hydrogen) atoms. The maximum absolute atomic E-state index is 3.39. The molecule has 1 unspecified atom stereocenters. The number of thiophene rings is 1. The summed E-state index contributed by atoms with van der Waals surface area (Å²) in [5, 5.41) is 5.56. The van der Waals surface area contributed by atoms with Gasteiger partial charge in [0, 0.05) is 50.2 Å². The molecule has 1 fully saturated rings. The van der Waals surface area contributed by atoms with Gasteiger partial charge in [-0.2, -0.15) is 0 Å². The predicted octanol–water partition coefficient (Wildman–Crippen LogP) is 1.65. The highest BCUT2D eigenvalue weighted by Crippen LogP contribution is 2.22. The number of hydrogen-bond donors (Lipinski definition) is 1. The molecule has 0 saturated carbocycles. The lowest BCUT2D eigenvalue weighted by atomic mass is 10.2. The molecule has 1 aliphatic rings. The molecule has 1 saturated heterocycles. The maximum atomic E-state index is 3.39. The highest BCUT2D eigenvalue weighted by molar-refractivity contribution is 7.10. The summed E-state index contributed by atoms with van der Waals surface area (Å²) in [5.74, 6) is 0. The van der Waals surface area contributed by atoms with Gasteiger partial charge in [0.1, 0.15) is 0 Å². The Labute approximate surface area is 108 Å². The Bertz CT molecular complexity index is 306. The predicted molar refractivity (Wildman–Crippen MR) is 74.7 cm³/mol. The number of piperazine rings is 1. The molecule has 1 atom stereocenters. The van der Waals surface area contributed by atoms with Gasteiger partial charge < -0.3 is 5.32 Å². The summed E-state index contributed by atoms with van der Waals surface area (Å²) in [6.07, 6.45) is 0. The largest absolute Gasteiger partial charge is 0.314 e. The quantitative estimate of drug-likeness (QED) is 0.861. The first kappa shape index (κ1) is 13.0. The molecule has 0 spiro atoms. The minimum absolute atomic E-state index is 0.540. The van der Waals surface area contributed by atoms with Crippen LogP contribution in [0.1, 0.15) is 17.8 Å². The van der Waals surface area contributed by atoms with Crippen LogP contribution in [0.3, 0.4) is 0 Å². The van der Waals surface area contributed by atoms with Crippen LogP contribution in [-0.2, 0) is 0 Å². The molecule has 3 nitrogen and oxygen atoms in total. The number of likely N-dealkylation sites (N-methyl/N-ethyl adjacent to an activating group) is 1. The van der Waals surface area contributed by atoms with E-state index in [9.17, 15) is 0 Å². The van der Waals surface area contributed by atoms with Crippen molar-refractivity contribution in [1.29, 1.82) is 0 Å². The Morgan fingerprint density at radius 3 is 2.88 bits per heavy atom. The van der Waals surface area contributed by atoms with E-state index in [0.29, 0.717) is 6.04 Å². The van der Waals surface area contributed by atoms with Crippen molar-refractivity contribution in [2.24, 2.45) is 0 Å². The number of nitrogens with zero attached hydrogens (tertiary/aromatic N) is 2. The third kappa shape index (κ3) is 3.78. The molecule has 0 aliphatic carbocycles. The highest BCUT2D eigenvalue weighted by atomic mass is 32.1. The van der Waals surface area contributed by atoms with Crippen molar-refractivity contribution in [3.8, 4) is 0 Å².